The second-order valence-corrected chi connectivity index (χ2v) is 7.05. The second-order valence-electron chi connectivity index (χ2n) is 7.05. The molecule has 28 heavy (non-hydrogen) atoms. The predicted molar refractivity (Wildman–Crippen MR) is 108 cm³/mol. The summed E-state index contributed by atoms with van der Waals surface area (Å²) in [6.07, 6.45) is 1.80. The molecule has 0 saturated carbocycles. The maximum Gasteiger partial charge on any atom is 0.252 e. The summed E-state index contributed by atoms with van der Waals surface area (Å²) >= 11 is 0. The van der Waals surface area contributed by atoms with Crippen molar-refractivity contribution >= 4 is 11.8 Å². The van der Waals surface area contributed by atoms with Crippen LogP contribution in [0.5, 0.6) is 5.75 Å². The minimum atomic E-state index is -0.717. The number of methoxy groups -OCH3 is 1. The molecule has 1 aliphatic rings. The van der Waals surface area contributed by atoms with Crippen molar-refractivity contribution in [3.8, 4) is 5.75 Å². The van der Waals surface area contributed by atoms with E-state index in [0.717, 1.165) is 18.4 Å². The SMILES string of the molecule is COc1ccc(C(=O)NC(C(=O)N2CCC(CN)CC2)c2ccccc2)cc1. The van der Waals surface area contributed by atoms with E-state index in [1.165, 1.54) is 0 Å². The number of hydrogen-bond donors (Lipinski definition) is 2. The summed E-state index contributed by atoms with van der Waals surface area (Å²) in [5, 5.41) is 2.91. The van der Waals surface area contributed by atoms with Crippen molar-refractivity contribution in [1.82, 2.24) is 10.2 Å². The van der Waals surface area contributed by atoms with Gasteiger partial charge in [0.25, 0.3) is 5.91 Å². The number of benzene rings is 2. The lowest BCUT2D eigenvalue weighted by Gasteiger charge is -2.34. The highest BCUT2D eigenvalue weighted by Gasteiger charge is 2.30. The van der Waals surface area contributed by atoms with Crippen LogP contribution in [-0.2, 0) is 4.79 Å². The molecule has 0 bridgehead atoms. The van der Waals surface area contributed by atoms with E-state index in [4.69, 9.17) is 10.5 Å². The molecule has 1 fully saturated rings. The second kappa shape index (κ2) is 9.37. The van der Waals surface area contributed by atoms with Crippen molar-refractivity contribution in [2.75, 3.05) is 26.7 Å². The molecule has 148 valence electrons. The van der Waals surface area contributed by atoms with Crippen molar-refractivity contribution in [3.63, 3.8) is 0 Å². The molecule has 0 spiro atoms. The summed E-state index contributed by atoms with van der Waals surface area (Å²) in [5.41, 5.74) is 7.01. The summed E-state index contributed by atoms with van der Waals surface area (Å²) in [4.78, 5) is 27.8. The Kier molecular flexibility index (Phi) is 6.66. The van der Waals surface area contributed by atoms with Gasteiger partial charge in [0.05, 0.1) is 7.11 Å². The average molecular weight is 381 g/mol. The molecule has 1 atom stereocenters. The first-order valence-corrected chi connectivity index (χ1v) is 9.61. The van der Waals surface area contributed by atoms with Gasteiger partial charge in [-0.2, -0.15) is 0 Å². The van der Waals surface area contributed by atoms with Gasteiger partial charge in [0.1, 0.15) is 11.8 Å². The number of hydrogen-bond acceptors (Lipinski definition) is 4. The summed E-state index contributed by atoms with van der Waals surface area (Å²) in [6.45, 7) is 1.99. The molecule has 1 unspecified atom stereocenters. The van der Waals surface area contributed by atoms with Crippen LogP contribution in [0.3, 0.4) is 0 Å². The monoisotopic (exact) mass is 381 g/mol. The number of nitrogens with zero attached hydrogens (tertiary/aromatic N) is 1. The standard InChI is InChI=1S/C22H27N3O3/c1-28-19-9-7-18(8-10-19)21(26)24-20(17-5-3-2-4-6-17)22(27)25-13-11-16(15-23)12-14-25/h2-10,16,20H,11-15,23H2,1H3,(H,24,26). The molecular weight excluding hydrogens is 354 g/mol. The molecule has 1 saturated heterocycles. The van der Waals surface area contributed by atoms with E-state index in [2.05, 4.69) is 5.32 Å². The Bertz CT molecular complexity index is 784. The van der Waals surface area contributed by atoms with Crippen LogP contribution in [0.15, 0.2) is 54.6 Å². The number of piperidine rings is 1. The van der Waals surface area contributed by atoms with E-state index in [-0.39, 0.29) is 11.8 Å². The predicted octanol–water partition coefficient (Wildman–Crippen LogP) is 2.36. The number of nitrogens with one attached hydrogen (secondary N) is 1. The van der Waals surface area contributed by atoms with Crippen LogP contribution in [0.4, 0.5) is 0 Å². The first-order chi connectivity index (χ1) is 13.6. The summed E-state index contributed by atoms with van der Waals surface area (Å²) in [6, 6.07) is 15.5. The first-order valence-electron chi connectivity index (χ1n) is 9.61. The highest BCUT2D eigenvalue weighted by Crippen LogP contribution is 2.22. The topological polar surface area (TPSA) is 84.7 Å². The highest BCUT2D eigenvalue weighted by molar-refractivity contribution is 5.98. The van der Waals surface area contributed by atoms with Crippen molar-refractivity contribution in [1.29, 1.82) is 0 Å². The van der Waals surface area contributed by atoms with E-state index < -0.39 is 6.04 Å². The minimum absolute atomic E-state index is 0.0801. The molecule has 3 rings (SSSR count). The molecule has 2 aromatic carbocycles. The fourth-order valence-electron chi connectivity index (χ4n) is 3.46. The first kappa shape index (κ1) is 19.9. The lowest BCUT2D eigenvalue weighted by atomic mass is 9.96. The molecule has 0 aromatic heterocycles. The van der Waals surface area contributed by atoms with Crippen LogP contribution < -0.4 is 15.8 Å². The minimum Gasteiger partial charge on any atom is -0.497 e. The maximum absolute atomic E-state index is 13.2. The lowest BCUT2D eigenvalue weighted by molar-refractivity contribution is -0.134. The Balaban J connectivity index is 1.77. The Hall–Kier alpha value is -2.86. The fraction of sp³-hybridized carbons (Fsp3) is 0.364. The van der Waals surface area contributed by atoms with Gasteiger partial charge in [0.2, 0.25) is 5.91 Å². The largest absolute Gasteiger partial charge is 0.497 e. The van der Waals surface area contributed by atoms with Crippen LogP contribution in [0.1, 0.15) is 34.8 Å². The van der Waals surface area contributed by atoms with Gasteiger partial charge in [-0.15, -0.1) is 0 Å². The quantitative estimate of drug-likeness (QED) is 0.805. The Morgan fingerprint density at radius 3 is 2.32 bits per heavy atom. The number of carbonyl (C=O) groups is 2. The molecule has 2 aromatic rings. The van der Waals surface area contributed by atoms with Gasteiger partial charge >= 0.3 is 0 Å². The van der Waals surface area contributed by atoms with E-state index in [1.54, 1.807) is 31.4 Å². The maximum atomic E-state index is 13.2. The number of rotatable bonds is 6. The van der Waals surface area contributed by atoms with E-state index in [9.17, 15) is 9.59 Å². The zero-order valence-electron chi connectivity index (χ0n) is 16.1. The Morgan fingerprint density at radius 1 is 1.11 bits per heavy atom. The molecule has 6 heteroatoms. The Morgan fingerprint density at radius 2 is 1.75 bits per heavy atom. The number of ether oxygens (including phenoxy) is 1. The van der Waals surface area contributed by atoms with Crippen LogP contribution in [0, 0.1) is 5.92 Å². The van der Waals surface area contributed by atoms with Crippen LogP contribution in [-0.4, -0.2) is 43.5 Å². The third kappa shape index (κ3) is 4.70. The molecule has 2 amide bonds. The molecule has 1 heterocycles. The molecular formula is C22H27N3O3. The fourth-order valence-corrected chi connectivity index (χ4v) is 3.46. The van der Waals surface area contributed by atoms with Gasteiger partial charge in [-0.25, -0.2) is 0 Å². The highest BCUT2D eigenvalue weighted by atomic mass is 16.5. The van der Waals surface area contributed by atoms with E-state index in [1.807, 2.05) is 35.2 Å². The number of carbonyl (C=O) groups excluding carboxylic acids is 2. The number of likely N-dealkylation sites (tertiary alicyclic amines) is 1. The van der Waals surface area contributed by atoms with Gasteiger partial charge in [-0.1, -0.05) is 30.3 Å². The molecule has 1 aliphatic heterocycles. The third-order valence-electron chi connectivity index (χ3n) is 5.27. The summed E-state index contributed by atoms with van der Waals surface area (Å²) < 4.78 is 5.13. The molecule has 6 nitrogen and oxygen atoms in total. The smallest absolute Gasteiger partial charge is 0.252 e. The average Bonchev–Trinajstić information content (AvgIpc) is 2.77. The number of nitrogens with two attached hydrogens (primary N) is 1. The molecule has 3 N–H and O–H groups in total. The zero-order valence-corrected chi connectivity index (χ0v) is 16.1. The van der Waals surface area contributed by atoms with Gasteiger partial charge in [0, 0.05) is 18.7 Å². The number of amides is 2. The van der Waals surface area contributed by atoms with Crippen molar-refractivity contribution in [3.05, 3.63) is 65.7 Å². The summed E-state index contributed by atoms with van der Waals surface area (Å²) in [7, 11) is 1.58. The van der Waals surface area contributed by atoms with Gasteiger partial charge in [0.15, 0.2) is 0 Å². The van der Waals surface area contributed by atoms with Crippen LogP contribution in [0.25, 0.3) is 0 Å². The zero-order chi connectivity index (χ0) is 19.9. The van der Waals surface area contributed by atoms with Crippen molar-refractivity contribution < 1.29 is 14.3 Å². The van der Waals surface area contributed by atoms with E-state index in [0.29, 0.717) is 36.9 Å². The van der Waals surface area contributed by atoms with Crippen LogP contribution in [0.2, 0.25) is 0 Å². The summed E-state index contributed by atoms with van der Waals surface area (Å²) in [5.74, 6) is 0.772. The van der Waals surface area contributed by atoms with Gasteiger partial charge in [-0.3, -0.25) is 9.59 Å². The van der Waals surface area contributed by atoms with Crippen molar-refractivity contribution in [2.24, 2.45) is 11.7 Å². The van der Waals surface area contributed by atoms with Crippen LogP contribution >= 0.6 is 0 Å². The van der Waals surface area contributed by atoms with Crippen molar-refractivity contribution in [2.45, 2.75) is 18.9 Å². The molecule has 0 radical (unpaired) electrons. The molecule has 0 aliphatic carbocycles. The van der Waals surface area contributed by atoms with Gasteiger partial charge in [-0.05, 0) is 55.1 Å². The third-order valence-corrected chi connectivity index (χ3v) is 5.27. The lowest BCUT2D eigenvalue weighted by Crippen LogP contribution is -2.46. The van der Waals surface area contributed by atoms with E-state index >= 15 is 0 Å². The van der Waals surface area contributed by atoms with Gasteiger partial charge < -0.3 is 20.7 Å². The Labute approximate surface area is 165 Å². The normalized spacial score (nSPS) is 15.7.